The first-order valence-electron chi connectivity index (χ1n) is 6.73. The Bertz CT molecular complexity index is 458. The van der Waals surface area contributed by atoms with Crippen LogP contribution in [0, 0.1) is 6.92 Å². The van der Waals surface area contributed by atoms with Gasteiger partial charge in [0.25, 0.3) is 0 Å². The lowest BCUT2D eigenvalue weighted by atomic mass is 9.99. The molecule has 0 aliphatic carbocycles. The highest BCUT2D eigenvalue weighted by Crippen LogP contribution is 2.22. The topological polar surface area (TPSA) is 52.6 Å². The van der Waals surface area contributed by atoms with Crippen molar-refractivity contribution in [1.29, 1.82) is 0 Å². The van der Waals surface area contributed by atoms with Gasteiger partial charge in [0.1, 0.15) is 4.88 Å². The van der Waals surface area contributed by atoms with E-state index in [0.717, 1.165) is 36.4 Å². The summed E-state index contributed by atoms with van der Waals surface area (Å²) in [6.45, 7) is 6.15. The molecule has 5 heteroatoms. The maximum absolute atomic E-state index is 10.9. The number of carboxylic acid groups (broad SMARTS) is 1. The van der Waals surface area contributed by atoms with Crippen molar-refractivity contribution in [2.24, 2.45) is 0 Å². The van der Waals surface area contributed by atoms with Crippen LogP contribution in [0.25, 0.3) is 0 Å². The number of aromatic carboxylic acids is 1. The number of aryl methyl sites for hydroxylation is 1. The third kappa shape index (κ3) is 3.55. The van der Waals surface area contributed by atoms with E-state index in [9.17, 15) is 4.79 Å². The predicted octanol–water partition coefficient (Wildman–Crippen LogP) is 2.33. The van der Waals surface area contributed by atoms with Crippen molar-refractivity contribution < 1.29 is 9.90 Å². The van der Waals surface area contributed by atoms with Gasteiger partial charge in [0.15, 0.2) is 0 Å². The van der Waals surface area contributed by atoms with E-state index in [2.05, 4.69) is 24.2 Å². The molecule has 0 saturated carbocycles. The number of hydrogen-bond acceptors (Lipinski definition) is 4. The number of nitrogens with zero attached hydrogens (tertiary/aromatic N) is 1. The maximum atomic E-state index is 10.9. The van der Waals surface area contributed by atoms with Crippen molar-refractivity contribution in [3.63, 3.8) is 0 Å². The number of thiophene rings is 1. The molecule has 0 spiro atoms. The molecule has 2 atom stereocenters. The van der Waals surface area contributed by atoms with Gasteiger partial charge in [-0.05, 0) is 51.9 Å². The molecule has 4 nitrogen and oxygen atoms in total. The van der Waals surface area contributed by atoms with Crippen LogP contribution in [0.2, 0.25) is 0 Å². The van der Waals surface area contributed by atoms with E-state index in [1.54, 1.807) is 6.07 Å². The number of likely N-dealkylation sites (tertiary alicyclic amines) is 1. The van der Waals surface area contributed by atoms with Crippen LogP contribution in [0.4, 0.5) is 0 Å². The molecule has 0 aromatic carbocycles. The Morgan fingerprint density at radius 2 is 2.37 bits per heavy atom. The number of rotatable bonds is 4. The molecule has 0 amide bonds. The lowest BCUT2D eigenvalue weighted by Crippen LogP contribution is -2.45. The van der Waals surface area contributed by atoms with E-state index in [1.165, 1.54) is 11.3 Å². The lowest BCUT2D eigenvalue weighted by molar-refractivity contribution is 0.0702. The van der Waals surface area contributed by atoms with Gasteiger partial charge >= 0.3 is 5.97 Å². The lowest BCUT2D eigenvalue weighted by Gasteiger charge is -2.35. The molecule has 1 aliphatic heterocycles. The number of carbonyl (C=O) groups is 1. The molecular formula is C14H22N2O2S. The van der Waals surface area contributed by atoms with Crippen molar-refractivity contribution in [3.05, 3.63) is 21.4 Å². The summed E-state index contributed by atoms with van der Waals surface area (Å²) in [5.74, 6) is -0.827. The summed E-state index contributed by atoms with van der Waals surface area (Å²) in [4.78, 5) is 14.9. The minimum absolute atomic E-state index is 0.436. The monoisotopic (exact) mass is 282 g/mol. The largest absolute Gasteiger partial charge is 0.477 e. The van der Waals surface area contributed by atoms with Crippen LogP contribution in [0.1, 0.15) is 39.9 Å². The van der Waals surface area contributed by atoms with Gasteiger partial charge in [-0.3, -0.25) is 0 Å². The van der Waals surface area contributed by atoms with Crippen LogP contribution >= 0.6 is 11.3 Å². The molecule has 2 rings (SSSR count). The molecule has 106 valence electrons. The number of carboxylic acids is 1. The average Bonchev–Trinajstić information content (AvgIpc) is 2.73. The zero-order valence-corrected chi connectivity index (χ0v) is 12.6. The van der Waals surface area contributed by atoms with Gasteiger partial charge in [0.2, 0.25) is 0 Å². The Labute approximate surface area is 118 Å². The average molecular weight is 282 g/mol. The molecule has 2 unspecified atom stereocenters. The Kier molecular flexibility index (Phi) is 4.60. The molecular weight excluding hydrogens is 260 g/mol. The van der Waals surface area contributed by atoms with Gasteiger partial charge in [-0.25, -0.2) is 4.79 Å². The maximum Gasteiger partial charge on any atom is 0.345 e. The van der Waals surface area contributed by atoms with Crippen molar-refractivity contribution in [2.75, 3.05) is 13.6 Å². The Balaban J connectivity index is 1.90. The second kappa shape index (κ2) is 6.03. The Morgan fingerprint density at radius 3 is 2.95 bits per heavy atom. The molecule has 1 fully saturated rings. The van der Waals surface area contributed by atoms with Crippen LogP contribution in [0.15, 0.2) is 6.07 Å². The zero-order chi connectivity index (χ0) is 14.0. The molecule has 1 aromatic heterocycles. The SMILES string of the molecule is Cc1sc(C(=O)O)cc1CNC1CCN(C)C(C)C1. The van der Waals surface area contributed by atoms with E-state index in [1.807, 2.05) is 6.92 Å². The summed E-state index contributed by atoms with van der Waals surface area (Å²) < 4.78 is 0. The first kappa shape index (κ1) is 14.5. The zero-order valence-electron chi connectivity index (χ0n) is 11.8. The summed E-state index contributed by atoms with van der Waals surface area (Å²) in [7, 11) is 2.17. The fourth-order valence-electron chi connectivity index (χ4n) is 2.53. The van der Waals surface area contributed by atoms with Crippen LogP contribution < -0.4 is 5.32 Å². The Hall–Kier alpha value is -0.910. The highest BCUT2D eigenvalue weighted by atomic mass is 32.1. The molecule has 1 aromatic rings. The van der Waals surface area contributed by atoms with E-state index in [4.69, 9.17) is 5.11 Å². The fourth-order valence-corrected chi connectivity index (χ4v) is 3.41. The second-order valence-corrected chi connectivity index (χ2v) is 6.69. The van der Waals surface area contributed by atoms with Crippen molar-refractivity contribution in [3.8, 4) is 0 Å². The number of nitrogens with one attached hydrogen (secondary N) is 1. The predicted molar refractivity (Wildman–Crippen MR) is 78.0 cm³/mol. The Morgan fingerprint density at radius 1 is 1.63 bits per heavy atom. The van der Waals surface area contributed by atoms with Crippen LogP contribution in [-0.4, -0.2) is 41.7 Å². The van der Waals surface area contributed by atoms with Crippen molar-refractivity contribution in [1.82, 2.24) is 10.2 Å². The van der Waals surface area contributed by atoms with E-state index in [-0.39, 0.29) is 0 Å². The van der Waals surface area contributed by atoms with Crippen LogP contribution in [0.5, 0.6) is 0 Å². The van der Waals surface area contributed by atoms with E-state index >= 15 is 0 Å². The van der Waals surface area contributed by atoms with Crippen LogP contribution in [0.3, 0.4) is 0 Å². The molecule has 1 aliphatic rings. The summed E-state index contributed by atoms with van der Waals surface area (Å²) in [6, 6.07) is 2.96. The molecule has 1 saturated heterocycles. The molecule has 2 N–H and O–H groups in total. The number of piperidine rings is 1. The standard InChI is InChI=1S/C14H22N2O2S/c1-9-6-12(4-5-16(9)3)15-8-11-7-13(14(17)18)19-10(11)2/h7,9,12,15H,4-6,8H2,1-3H3,(H,17,18). The van der Waals surface area contributed by atoms with Crippen molar-refractivity contribution in [2.45, 2.75) is 45.3 Å². The van der Waals surface area contributed by atoms with Gasteiger partial charge < -0.3 is 15.3 Å². The minimum Gasteiger partial charge on any atom is -0.477 e. The molecule has 19 heavy (non-hydrogen) atoms. The quantitative estimate of drug-likeness (QED) is 0.890. The highest BCUT2D eigenvalue weighted by molar-refractivity contribution is 7.14. The summed E-state index contributed by atoms with van der Waals surface area (Å²) in [5.41, 5.74) is 1.12. The summed E-state index contributed by atoms with van der Waals surface area (Å²) in [6.07, 6.45) is 2.32. The first-order chi connectivity index (χ1) is 8.97. The first-order valence-corrected chi connectivity index (χ1v) is 7.55. The van der Waals surface area contributed by atoms with E-state index in [0.29, 0.717) is 17.0 Å². The van der Waals surface area contributed by atoms with Crippen LogP contribution in [-0.2, 0) is 6.54 Å². The van der Waals surface area contributed by atoms with Gasteiger partial charge in [-0.2, -0.15) is 0 Å². The third-order valence-electron chi connectivity index (χ3n) is 4.02. The fraction of sp³-hybridized carbons (Fsp3) is 0.643. The number of hydrogen-bond donors (Lipinski definition) is 2. The normalized spacial score (nSPS) is 24.6. The van der Waals surface area contributed by atoms with Gasteiger partial charge in [-0.15, -0.1) is 11.3 Å². The molecule has 0 radical (unpaired) electrons. The van der Waals surface area contributed by atoms with E-state index < -0.39 is 5.97 Å². The third-order valence-corrected chi connectivity index (χ3v) is 5.10. The molecule has 0 bridgehead atoms. The molecule has 2 heterocycles. The van der Waals surface area contributed by atoms with Gasteiger partial charge in [0.05, 0.1) is 0 Å². The minimum atomic E-state index is -0.827. The summed E-state index contributed by atoms with van der Waals surface area (Å²) >= 11 is 1.36. The summed E-state index contributed by atoms with van der Waals surface area (Å²) in [5, 5.41) is 12.6. The second-order valence-electron chi connectivity index (χ2n) is 5.43. The highest BCUT2D eigenvalue weighted by Gasteiger charge is 2.22. The smallest absolute Gasteiger partial charge is 0.345 e. The van der Waals surface area contributed by atoms with Crippen molar-refractivity contribution >= 4 is 17.3 Å². The van der Waals surface area contributed by atoms with Gasteiger partial charge in [0, 0.05) is 23.5 Å². The van der Waals surface area contributed by atoms with Gasteiger partial charge in [-0.1, -0.05) is 0 Å².